The van der Waals surface area contributed by atoms with Crippen LogP contribution in [0.25, 0.3) is 0 Å². The van der Waals surface area contributed by atoms with Gasteiger partial charge in [-0.3, -0.25) is 5.43 Å². The molecule has 2 N–H and O–H groups in total. The Labute approximate surface area is 182 Å². The molecule has 11 heteroatoms. The summed E-state index contributed by atoms with van der Waals surface area (Å²) >= 11 is 11.1. The average molecular weight is 462 g/mol. The number of alkyl halides is 3. The predicted octanol–water partition coefficient (Wildman–Crippen LogP) is 5.10. The zero-order chi connectivity index (χ0) is 22.5. The summed E-state index contributed by atoms with van der Waals surface area (Å²) in [6.45, 7) is 1.70. The van der Waals surface area contributed by atoms with Gasteiger partial charge in [-0.15, -0.1) is 0 Å². The molecule has 0 aliphatic heterocycles. The monoisotopic (exact) mass is 461 g/mol. The predicted molar refractivity (Wildman–Crippen MR) is 114 cm³/mol. The zero-order valence-corrected chi connectivity index (χ0v) is 18.1. The van der Waals surface area contributed by atoms with Crippen molar-refractivity contribution in [2.75, 3.05) is 26.6 Å². The number of ether oxygens (including phenoxy) is 3. The van der Waals surface area contributed by atoms with Gasteiger partial charge in [-0.1, -0.05) is 11.6 Å². The maximum Gasteiger partial charge on any atom is 0.416 e. The Bertz CT molecular complexity index is 943. The van der Waals surface area contributed by atoms with E-state index in [2.05, 4.69) is 15.8 Å². The fourth-order valence-corrected chi connectivity index (χ4v) is 2.76. The minimum Gasteiger partial charge on any atom is -0.493 e. The minimum atomic E-state index is -4.50. The van der Waals surface area contributed by atoms with E-state index in [9.17, 15) is 13.2 Å². The van der Waals surface area contributed by atoms with Gasteiger partial charge in [0.15, 0.2) is 16.6 Å². The number of nitrogens with zero attached hydrogens (tertiary/aromatic N) is 1. The summed E-state index contributed by atoms with van der Waals surface area (Å²) in [5, 5.41) is 6.79. The number of hydrogen-bond donors (Lipinski definition) is 2. The van der Waals surface area contributed by atoms with E-state index in [1.165, 1.54) is 21.3 Å². The van der Waals surface area contributed by atoms with Gasteiger partial charge in [0.05, 0.1) is 43.3 Å². The SMILES string of the molecule is COc1cc(/C(C)=N\NC(=S)Nc2cc(C(F)(F)F)ccc2Cl)cc(OC)c1OC. The maximum absolute atomic E-state index is 12.9. The molecule has 2 rings (SSSR count). The lowest BCUT2D eigenvalue weighted by atomic mass is 10.1. The third-order valence-corrected chi connectivity index (χ3v) is 4.47. The van der Waals surface area contributed by atoms with Crippen molar-refractivity contribution in [2.24, 2.45) is 5.10 Å². The Hall–Kier alpha value is -2.72. The number of benzene rings is 2. The summed E-state index contributed by atoms with van der Waals surface area (Å²) in [6.07, 6.45) is -4.50. The van der Waals surface area contributed by atoms with Crippen LogP contribution in [-0.2, 0) is 6.18 Å². The molecular formula is C19H19ClF3N3O3S. The first-order valence-electron chi connectivity index (χ1n) is 8.39. The number of rotatable bonds is 6. The number of hydrogen-bond acceptors (Lipinski definition) is 5. The van der Waals surface area contributed by atoms with Gasteiger partial charge in [-0.05, 0) is 49.5 Å². The molecule has 0 aromatic heterocycles. The van der Waals surface area contributed by atoms with Crippen molar-refractivity contribution in [3.05, 3.63) is 46.5 Å². The summed E-state index contributed by atoms with van der Waals surface area (Å²) in [6, 6.07) is 6.28. The highest BCUT2D eigenvalue weighted by molar-refractivity contribution is 7.80. The summed E-state index contributed by atoms with van der Waals surface area (Å²) in [5.41, 5.74) is 2.88. The molecule has 2 aromatic rings. The number of hydrazone groups is 1. The van der Waals surface area contributed by atoms with Crippen LogP contribution in [0, 0.1) is 0 Å². The Morgan fingerprint density at radius 1 is 1.03 bits per heavy atom. The first kappa shape index (κ1) is 23.6. The highest BCUT2D eigenvalue weighted by Crippen LogP contribution is 2.38. The summed E-state index contributed by atoms with van der Waals surface area (Å²) in [7, 11) is 4.47. The van der Waals surface area contributed by atoms with Crippen LogP contribution in [0.15, 0.2) is 35.4 Å². The molecule has 6 nitrogen and oxygen atoms in total. The van der Waals surface area contributed by atoms with E-state index in [0.717, 1.165) is 18.2 Å². The van der Waals surface area contributed by atoms with E-state index in [0.29, 0.717) is 28.5 Å². The largest absolute Gasteiger partial charge is 0.493 e. The van der Waals surface area contributed by atoms with Gasteiger partial charge in [0.2, 0.25) is 5.75 Å². The molecule has 0 fully saturated rings. The Kier molecular flexibility index (Phi) is 7.74. The standard InChI is InChI=1S/C19H19ClF3N3O3S/c1-10(11-7-15(27-2)17(29-4)16(8-11)28-3)25-26-18(30)24-14-9-12(19(21,22)23)5-6-13(14)20/h5-9H,1-4H3,(H2,24,26,30)/b25-10-. The lowest BCUT2D eigenvalue weighted by Crippen LogP contribution is -2.25. The molecule has 0 atom stereocenters. The highest BCUT2D eigenvalue weighted by Gasteiger charge is 2.31. The number of methoxy groups -OCH3 is 3. The summed E-state index contributed by atoms with van der Waals surface area (Å²) < 4.78 is 54.5. The van der Waals surface area contributed by atoms with Crippen molar-refractivity contribution in [3.63, 3.8) is 0 Å². The van der Waals surface area contributed by atoms with Crippen LogP contribution < -0.4 is 25.0 Å². The lowest BCUT2D eigenvalue weighted by molar-refractivity contribution is -0.137. The first-order valence-corrected chi connectivity index (χ1v) is 9.17. The molecule has 0 aliphatic rings. The van der Waals surface area contributed by atoms with Crippen LogP contribution in [0.1, 0.15) is 18.1 Å². The first-order chi connectivity index (χ1) is 14.1. The maximum atomic E-state index is 12.9. The fourth-order valence-electron chi connectivity index (χ4n) is 2.44. The third-order valence-electron chi connectivity index (χ3n) is 3.95. The van der Waals surface area contributed by atoms with Crippen molar-refractivity contribution >= 4 is 40.3 Å². The molecule has 30 heavy (non-hydrogen) atoms. The molecule has 0 heterocycles. The van der Waals surface area contributed by atoms with Gasteiger partial charge < -0.3 is 19.5 Å². The molecule has 0 bridgehead atoms. The summed E-state index contributed by atoms with van der Waals surface area (Å²) in [4.78, 5) is 0. The van der Waals surface area contributed by atoms with E-state index < -0.39 is 11.7 Å². The van der Waals surface area contributed by atoms with Gasteiger partial charge in [-0.25, -0.2) is 0 Å². The van der Waals surface area contributed by atoms with Crippen molar-refractivity contribution in [2.45, 2.75) is 13.1 Å². The Balaban J connectivity index is 2.19. The topological polar surface area (TPSA) is 64.1 Å². The van der Waals surface area contributed by atoms with Gasteiger partial charge in [0.1, 0.15) is 0 Å². The van der Waals surface area contributed by atoms with Gasteiger partial charge in [0, 0.05) is 5.56 Å². The minimum absolute atomic E-state index is 0.00429. The van der Waals surface area contributed by atoms with Crippen molar-refractivity contribution in [1.82, 2.24) is 5.43 Å². The molecular weight excluding hydrogens is 443 g/mol. The smallest absolute Gasteiger partial charge is 0.416 e. The van der Waals surface area contributed by atoms with E-state index in [1.807, 2.05) is 0 Å². The van der Waals surface area contributed by atoms with Crippen LogP contribution in [0.5, 0.6) is 17.2 Å². The molecule has 0 saturated carbocycles. The average Bonchev–Trinajstić information content (AvgIpc) is 2.71. The van der Waals surface area contributed by atoms with Gasteiger partial charge in [0.25, 0.3) is 0 Å². The molecule has 162 valence electrons. The molecule has 2 aromatic carbocycles. The number of anilines is 1. The van der Waals surface area contributed by atoms with Gasteiger partial charge in [-0.2, -0.15) is 18.3 Å². The van der Waals surface area contributed by atoms with E-state index >= 15 is 0 Å². The van der Waals surface area contributed by atoms with Crippen LogP contribution in [-0.4, -0.2) is 32.2 Å². The third kappa shape index (κ3) is 5.67. The van der Waals surface area contributed by atoms with E-state index in [1.54, 1.807) is 19.1 Å². The molecule has 0 aliphatic carbocycles. The Morgan fingerprint density at radius 2 is 1.63 bits per heavy atom. The molecule has 0 saturated heterocycles. The Morgan fingerprint density at radius 3 is 2.13 bits per heavy atom. The molecule has 0 spiro atoms. The van der Waals surface area contributed by atoms with E-state index in [4.69, 9.17) is 38.0 Å². The van der Waals surface area contributed by atoms with Crippen LogP contribution >= 0.6 is 23.8 Å². The van der Waals surface area contributed by atoms with Crippen LogP contribution in [0.2, 0.25) is 5.02 Å². The number of thiocarbonyl (C=S) groups is 1. The molecule has 0 radical (unpaired) electrons. The van der Waals surface area contributed by atoms with Gasteiger partial charge >= 0.3 is 6.18 Å². The quantitative estimate of drug-likeness (QED) is 0.355. The zero-order valence-electron chi connectivity index (χ0n) is 16.5. The van der Waals surface area contributed by atoms with Crippen LogP contribution in [0.3, 0.4) is 0 Å². The van der Waals surface area contributed by atoms with Crippen molar-refractivity contribution in [1.29, 1.82) is 0 Å². The summed E-state index contributed by atoms with van der Waals surface area (Å²) in [5.74, 6) is 1.32. The van der Waals surface area contributed by atoms with Crippen molar-refractivity contribution < 1.29 is 27.4 Å². The van der Waals surface area contributed by atoms with E-state index in [-0.39, 0.29) is 15.8 Å². The fraction of sp³-hybridized carbons (Fsp3) is 0.263. The second-order valence-electron chi connectivity index (χ2n) is 5.87. The number of halogens is 4. The normalized spacial score (nSPS) is 11.7. The second-order valence-corrected chi connectivity index (χ2v) is 6.68. The number of nitrogens with one attached hydrogen (secondary N) is 2. The highest BCUT2D eigenvalue weighted by atomic mass is 35.5. The van der Waals surface area contributed by atoms with Crippen LogP contribution in [0.4, 0.5) is 18.9 Å². The second kappa shape index (κ2) is 9.86. The molecule has 0 amide bonds. The molecule has 0 unspecified atom stereocenters. The lowest BCUT2D eigenvalue weighted by Gasteiger charge is -2.15. The van der Waals surface area contributed by atoms with Crippen molar-refractivity contribution in [3.8, 4) is 17.2 Å².